The number of rotatable bonds is 7. The molecule has 1 aromatic carbocycles. The van der Waals surface area contributed by atoms with Crippen molar-refractivity contribution in [1.82, 2.24) is 19.7 Å². The molecule has 8 heteroatoms. The Balaban J connectivity index is 1.89. The van der Waals surface area contributed by atoms with Gasteiger partial charge in [-0.05, 0) is 17.7 Å². The van der Waals surface area contributed by atoms with Gasteiger partial charge in [0.05, 0.1) is 12.1 Å². The van der Waals surface area contributed by atoms with E-state index in [1.807, 2.05) is 36.4 Å². The van der Waals surface area contributed by atoms with Gasteiger partial charge in [0.2, 0.25) is 5.91 Å². The molecule has 3 aromatic rings. The number of H-pyrrole nitrogens is 1. The van der Waals surface area contributed by atoms with Crippen molar-refractivity contribution in [2.45, 2.75) is 13.0 Å². The highest BCUT2D eigenvalue weighted by atomic mass is 16.2. The minimum atomic E-state index is -0.698. The van der Waals surface area contributed by atoms with Gasteiger partial charge in [-0.25, -0.2) is 0 Å². The maximum absolute atomic E-state index is 12.9. The zero-order valence-electron chi connectivity index (χ0n) is 15.5. The number of primary amides is 1. The van der Waals surface area contributed by atoms with E-state index in [-0.39, 0.29) is 17.7 Å². The van der Waals surface area contributed by atoms with Gasteiger partial charge in [0.15, 0.2) is 0 Å². The third-order valence-corrected chi connectivity index (χ3v) is 4.42. The minimum absolute atomic E-state index is 0.0839. The molecule has 0 spiro atoms. The van der Waals surface area contributed by atoms with E-state index in [1.165, 1.54) is 21.7 Å². The molecule has 28 heavy (non-hydrogen) atoms. The van der Waals surface area contributed by atoms with E-state index >= 15 is 0 Å². The first-order chi connectivity index (χ1) is 13.5. The fourth-order valence-electron chi connectivity index (χ4n) is 2.84. The Morgan fingerprint density at radius 3 is 2.61 bits per heavy atom. The molecule has 8 nitrogen and oxygen atoms in total. The van der Waals surface area contributed by atoms with Crippen molar-refractivity contribution in [3.05, 3.63) is 87.6 Å². The Morgan fingerprint density at radius 1 is 1.21 bits per heavy atom. The van der Waals surface area contributed by atoms with E-state index in [1.54, 1.807) is 13.2 Å². The van der Waals surface area contributed by atoms with Crippen LogP contribution in [-0.4, -0.2) is 45.1 Å². The van der Waals surface area contributed by atoms with Gasteiger partial charge in [0.1, 0.15) is 5.56 Å². The first-order valence-electron chi connectivity index (χ1n) is 8.77. The summed E-state index contributed by atoms with van der Waals surface area (Å²) in [5.74, 6) is -1.16. The molecule has 0 aliphatic carbocycles. The molecule has 0 unspecified atom stereocenters. The number of carbonyl (C=O) groups excluding carboxylic acids is 2. The predicted molar refractivity (Wildman–Crippen MR) is 104 cm³/mol. The first-order valence-corrected chi connectivity index (χ1v) is 8.77. The summed E-state index contributed by atoms with van der Waals surface area (Å²) in [4.78, 5) is 38.9. The minimum Gasteiger partial charge on any atom is -0.366 e. The van der Waals surface area contributed by atoms with Crippen LogP contribution in [0.15, 0.2) is 59.7 Å². The predicted octanol–water partition coefficient (Wildman–Crippen LogP) is 1.03. The first kappa shape index (κ1) is 19.1. The molecule has 0 aliphatic rings. The molecule has 0 fully saturated rings. The summed E-state index contributed by atoms with van der Waals surface area (Å²) >= 11 is 0. The molecule has 0 radical (unpaired) electrons. The second kappa shape index (κ2) is 8.34. The van der Waals surface area contributed by atoms with Crippen molar-refractivity contribution in [3.63, 3.8) is 0 Å². The van der Waals surface area contributed by atoms with Crippen molar-refractivity contribution in [1.29, 1.82) is 0 Å². The van der Waals surface area contributed by atoms with Crippen LogP contribution in [0.2, 0.25) is 0 Å². The van der Waals surface area contributed by atoms with Crippen LogP contribution < -0.4 is 11.3 Å². The zero-order valence-corrected chi connectivity index (χ0v) is 15.5. The Bertz CT molecular complexity index is 1030. The second-order valence-corrected chi connectivity index (χ2v) is 6.48. The molecule has 2 aromatic heterocycles. The Hall–Kier alpha value is -3.68. The average Bonchev–Trinajstić information content (AvgIpc) is 3.21. The SMILES string of the molecule is CN(CCc1ccn[nH]1)C(=O)c1cc(C(N)=O)cn(Cc2ccccc2)c1=O. The highest BCUT2D eigenvalue weighted by Gasteiger charge is 2.20. The summed E-state index contributed by atoms with van der Waals surface area (Å²) in [6.07, 6.45) is 3.59. The van der Waals surface area contributed by atoms with Crippen molar-refractivity contribution in [2.75, 3.05) is 13.6 Å². The molecular formula is C20H21N5O3. The lowest BCUT2D eigenvalue weighted by Crippen LogP contribution is -2.36. The van der Waals surface area contributed by atoms with Gasteiger partial charge in [0.25, 0.3) is 11.5 Å². The van der Waals surface area contributed by atoms with Crippen LogP contribution >= 0.6 is 0 Å². The molecule has 2 heterocycles. The fourth-order valence-corrected chi connectivity index (χ4v) is 2.84. The topological polar surface area (TPSA) is 114 Å². The smallest absolute Gasteiger partial charge is 0.263 e. The van der Waals surface area contributed by atoms with E-state index in [2.05, 4.69) is 10.2 Å². The Morgan fingerprint density at radius 2 is 1.96 bits per heavy atom. The summed E-state index contributed by atoms with van der Waals surface area (Å²) in [6, 6.07) is 12.4. The summed E-state index contributed by atoms with van der Waals surface area (Å²) < 4.78 is 1.34. The van der Waals surface area contributed by atoms with Gasteiger partial charge in [-0.3, -0.25) is 19.5 Å². The van der Waals surface area contributed by atoms with Crippen molar-refractivity contribution < 1.29 is 9.59 Å². The monoisotopic (exact) mass is 379 g/mol. The van der Waals surface area contributed by atoms with E-state index in [0.717, 1.165) is 11.3 Å². The number of likely N-dealkylation sites (N-methyl/N-ethyl adjacent to an activating group) is 1. The summed E-state index contributed by atoms with van der Waals surface area (Å²) in [5.41, 5.74) is 6.72. The second-order valence-electron chi connectivity index (χ2n) is 6.48. The average molecular weight is 379 g/mol. The maximum atomic E-state index is 12.9. The summed E-state index contributed by atoms with van der Waals surface area (Å²) in [5, 5.41) is 6.69. The molecular weight excluding hydrogens is 358 g/mol. The van der Waals surface area contributed by atoms with Crippen LogP contribution in [0.5, 0.6) is 0 Å². The molecule has 0 atom stereocenters. The van der Waals surface area contributed by atoms with Gasteiger partial charge < -0.3 is 15.2 Å². The van der Waals surface area contributed by atoms with Gasteiger partial charge in [0, 0.05) is 38.1 Å². The summed E-state index contributed by atoms with van der Waals surface area (Å²) in [7, 11) is 1.61. The van der Waals surface area contributed by atoms with E-state index in [4.69, 9.17) is 5.73 Å². The van der Waals surface area contributed by atoms with Crippen LogP contribution in [0, 0.1) is 0 Å². The number of aromatic nitrogens is 3. The lowest BCUT2D eigenvalue weighted by molar-refractivity contribution is 0.0794. The normalized spacial score (nSPS) is 10.6. The number of nitrogens with two attached hydrogens (primary N) is 1. The summed E-state index contributed by atoms with van der Waals surface area (Å²) in [6.45, 7) is 0.624. The number of nitrogens with one attached hydrogen (secondary N) is 1. The fraction of sp³-hybridized carbons (Fsp3) is 0.200. The largest absolute Gasteiger partial charge is 0.366 e. The molecule has 0 saturated carbocycles. The quantitative estimate of drug-likeness (QED) is 0.638. The number of pyridine rings is 1. The molecule has 3 rings (SSSR count). The third kappa shape index (κ3) is 4.35. The standard InChI is InChI=1S/C20H21N5O3/c1-24(10-8-16-7-9-22-23-16)19(27)17-11-15(18(21)26)13-25(20(17)28)12-14-5-3-2-4-6-14/h2-7,9,11,13H,8,10,12H2,1H3,(H2,21,26)(H,22,23). The highest BCUT2D eigenvalue weighted by molar-refractivity contribution is 5.98. The number of carbonyl (C=O) groups is 2. The molecule has 0 bridgehead atoms. The molecule has 3 N–H and O–H groups in total. The molecule has 2 amide bonds. The highest BCUT2D eigenvalue weighted by Crippen LogP contribution is 2.07. The van der Waals surface area contributed by atoms with E-state index in [0.29, 0.717) is 13.0 Å². The number of aromatic amines is 1. The van der Waals surface area contributed by atoms with Crippen molar-refractivity contribution in [2.24, 2.45) is 5.73 Å². The Kier molecular flexibility index (Phi) is 5.69. The zero-order chi connectivity index (χ0) is 20.1. The lowest BCUT2D eigenvalue weighted by Gasteiger charge is -2.18. The molecule has 0 aliphatic heterocycles. The lowest BCUT2D eigenvalue weighted by atomic mass is 10.1. The van der Waals surface area contributed by atoms with E-state index in [9.17, 15) is 14.4 Å². The Labute approximate surface area is 161 Å². The number of hydrogen-bond donors (Lipinski definition) is 2. The van der Waals surface area contributed by atoms with Crippen LogP contribution in [0.3, 0.4) is 0 Å². The third-order valence-electron chi connectivity index (χ3n) is 4.42. The van der Waals surface area contributed by atoms with Crippen LogP contribution in [0.25, 0.3) is 0 Å². The van der Waals surface area contributed by atoms with Crippen molar-refractivity contribution >= 4 is 11.8 Å². The van der Waals surface area contributed by atoms with Crippen LogP contribution in [0.1, 0.15) is 32.0 Å². The van der Waals surface area contributed by atoms with Gasteiger partial charge in [-0.1, -0.05) is 30.3 Å². The van der Waals surface area contributed by atoms with Gasteiger partial charge >= 0.3 is 0 Å². The molecule has 144 valence electrons. The van der Waals surface area contributed by atoms with E-state index < -0.39 is 17.4 Å². The van der Waals surface area contributed by atoms with Crippen molar-refractivity contribution in [3.8, 4) is 0 Å². The number of amides is 2. The van der Waals surface area contributed by atoms with Crippen LogP contribution in [-0.2, 0) is 13.0 Å². The van der Waals surface area contributed by atoms with Crippen LogP contribution in [0.4, 0.5) is 0 Å². The number of benzene rings is 1. The maximum Gasteiger partial charge on any atom is 0.263 e. The molecule has 0 saturated heterocycles. The van der Waals surface area contributed by atoms with Gasteiger partial charge in [-0.15, -0.1) is 0 Å². The van der Waals surface area contributed by atoms with Gasteiger partial charge in [-0.2, -0.15) is 5.10 Å². The number of hydrogen-bond acceptors (Lipinski definition) is 4. The number of nitrogens with zero attached hydrogens (tertiary/aromatic N) is 3.